The van der Waals surface area contributed by atoms with Crippen molar-refractivity contribution in [2.75, 3.05) is 5.32 Å². The molecule has 0 aromatic heterocycles. The third-order valence-corrected chi connectivity index (χ3v) is 3.74. The number of nitrogens with two attached hydrogens (primary N) is 1. The van der Waals surface area contributed by atoms with Crippen molar-refractivity contribution in [3.8, 4) is 0 Å². The minimum atomic E-state index is 0.278. The van der Waals surface area contributed by atoms with Crippen LogP contribution in [0.1, 0.15) is 11.1 Å². The van der Waals surface area contributed by atoms with Crippen molar-refractivity contribution in [3.63, 3.8) is 0 Å². The predicted molar refractivity (Wildman–Crippen MR) is 89.5 cm³/mol. The Bertz CT molecular complexity index is 643. The summed E-state index contributed by atoms with van der Waals surface area (Å²) >= 11 is 14.7. The van der Waals surface area contributed by atoms with Crippen molar-refractivity contribution in [1.29, 1.82) is 0 Å². The van der Waals surface area contributed by atoms with Gasteiger partial charge in [0.1, 0.15) is 4.99 Å². The molecule has 98 valence electrons. The van der Waals surface area contributed by atoms with Crippen LogP contribution in [0.25, 0.3) is 0 Å². The Morgan fingerprint density at radius 1 is 1.26 bits per heavy atom. The van der Waals surface area contributed by atoms with Gasteiger partial charge in [-0.2, -0.15) is 0 Å². The normalized spacial score (nSPS) is 10.3. The van der Waals surface area contributed by atoms with E-state index in [2.05, 4.69) is 21.2 Å². The summed E-state index contributed by atoms with van der Waals surface area (Å²) in [6.07, 6.45) is 0. The lowest BCUT2D eigenvalue weighted by atomic mass is 10.1. The van der Waals surface area contributed by atoms with Gasteiger partial charge in [-0.05, 0) is 36.8 Å². The van der Waals surface area contributed by atoms with Crippen molar-refractivity contribution in [2.24, 2.45) is 5.73 Å². The van der Waals surface area contributed by atoms with E-state index in [1.54, 1.807) is 6.07 Å². The van der Waals surface area contributed by atoms with Crippen LogP contribution in [0, 0.1) is 6.92 Å². The zero-order chi connectivity index (χ0) is 14.0. The molecular formula is C14H12BrClN2S. The molecule has 0 saturated carbocycles. The fraction of sp³-hybridized carbons (Fsp3) is 0.0714. The van der Waals surface area contributed by atoms with Gasteiger partial charge in [0, 0.05) is 10.2 Å². The first-order valence-electron chi connectivity index (χ1n) is 5.60. The summed E-state index contributed by atoms with van der Waals surface area (Å²) in [5.41, 5.74) is 9.31. The molecule has 0 unspecified atom stereocenters. The summed E-state index contributed by atoms with van der Waals surface area (Å²) in [7, 11) is 0. The van der Waals surface area contributed by atoms with Crippen molar-refractivity contribution in [3.05, 3.63) is 57.0 Å². The van der Waals surface area contributed by atoms with E-state index in [9.17, 15) is 0 Å². The van der Waals surface area contributed by atoms with Gasteiger partial charge in [-0.1, -0.05) is 51.9 Å². The van der Waals surface area contributed by atoms with E-state index >= 15 is 0 Å². The molecule has 3 N–H and O–H groups in total. The average molecular weight is 356 g/mol. The first-order chi connectivity index (χ1) is 8.99. The van der Waals surface area contributed by atoms with Crippen LogP contribution in [0.5, 0.6) is 0 Å². The monoisotopic (exact) mass is 354 g/mol. The van der Waals surface area contributed by atoms with Gasteiger partial charge in [0.05, 0.1) is 16.3 Å². The Labute approximate surface area is 131 Å². The van der Waals surface area contributed by atoms with Crippen molar-refractivity contribution < 1.29 is 0 Å². The third kappa shape index (κ3) is 3.26. The maximum atomic E-state index is 6.14. The Balaban J connectivity index is 2.46. The lowest BCUT2D eigenvalue weighted by molar-refractivity contribution is 1.41. The number of thiocarbonyl (C=S) groups is 1. The molecule has 2 aromatic carbocycles. The van der Waals surface area contributed by atoms with E-state index in [4.69, 9.17) is 29.6 Å². The Kier molecular flexibility index (Phi) is 4.45. The lowest BCUT2D eigenvalue weighted by Crippen LogP contribution is -2.12. The van der Waals surface area contributed by atoms with E-state index < -0.39 is 0 Å². The molecule has 0 atom stereocenters. The maximum absolute atomic E-state index is 6.14. The molecule has 2 nitrogen and oxygen atoms in total. The molecule has 0 radical (unpaired) electrons. The number of anilines is 2. The Morgan fingerprint density at radius 3 is 2.68 bits per heavy atom. The molecule has 2 aromatic rings. The quantitative estimate of drug-likeness (QED) is 0.778. The summed E-state index contributed by atoms with van der Waals surface area (Å²) in [6.45, 7) is 2.03. The standard InChI is InChI=1S/C14H12BrClN2S/c1-8-5-6-9(15)7-12(8)18-11-4-2-3-10(16)13(11)14(17)19/h2-7,18H,1H3,(H2,17,19). The summed E-state index contributed by atoms with van der Waals surface area (Å²) in [5, 5.41) is 3.87. The second-order valence-corrected chi connectivity index (χ2v) is 5.87. The molecule has 0 aliphatic heterocycles. The molecule has 0 aliphatic carbocycles. The van der Waals surface area contributed by atoms with Gasteiger partial charge in [0.15, 0.2) is 0 Å². The molecule has 0 saturated heterocycles. The fourth-order valence-electron chi connectivity index (χ4n) is 1.75. The zero-order valence-corrected chi connectivity index (χ0v) is 13.4. The molecule has 0 aliphatic rings. The molecule has 2 rings (SSSR count). The Hall–Kier alpha value is -1.10. The number of hydrogen-bond donors (Lipinski definition) is 2. The molecule has 0 heterocycles. The van der Waals surface area contributed by atoms with Crippen LogP contribution in [0.4, 0.5) is 11.4 Å². The van der Waals surface area contributed by atoms with Crippen LogP contribution in [0.15, 0.2) is 40.9 Å². The fourth-order valence-corrected chi connectivity index (χ4v) is 2.67. The number of benzene rings is 2. The van der Waals surface area contributed by atoms with Crippen LogP contribution in [-0.4, -0.2) is 4.99 Å². The summed E-state index contributed by atoms with van der Waals surface area (Å²) < 4.78 is 1.000. The van der Waals surface area contributed by atoms with E-state index in [1.807, 2.05) is 37.3 Å². The summed E-state index contributed by atoms with van der Waals surface area (Å²) in [6, 6.07) is 11.6. The second kappa shape index (κ2) is 5.90. The minimum absolute atomic E-state index is 0.278. The highest BCUT2D eigenvalue weighted by molar-refractivity contribution is 9.10. The van der Waals surface area contributed by atoms with Crippen molar-refractivity contribution >= 4 is 56.1 Å². The summed E-state index contributed by atoms with van der Waals surface area (Å²) in [4.78, 5) is 0.278. The number of nitrogens with one attached hydrogen (secondary N) is 1. The van der Waals surface area contributed by atoms with Gasteiger partial charge in [0.25, 0.3) is 0 Å². The van der Waals surface area contributed by atoms with Gasteiger partial charge in [-0.3, -0.25) is 0 Å². The average Bonchev–Trinajstić information content (AvgIpc) is 2.33. The predicted octanol–water partition coefficient (Wildman–Crippen LogP) is 4.79. The molecule has 0 fully saturated rings. The van der Waals surface area contributed by atoms with Gasteiger partial charge < -0.3 is 11.1 Å². The van der Waals surface area contributed by atoms with Gasteiger partial charge in [-0.15, -0.1) is 0 Å². The highest BCUT2D eigenvalue weighted by Crippen LogP contribution is 2.29. The first-order valence-corrected chi connectivity index (χ1v) is 7.18. The van der Waals surface area contributed by atoms with Crippen LogP contribution < -0.4 is 11.1 Å². The molecule has 5 heteroatoms. The third-order valence-electron chi connectivity index (χ3n) is 2.73. The van der Waals surface area contributed by atoms with E-state index in [-0.39, 0.29) is 4.99 Å². The molecule has 0 amide bonds. The van der Waals surface area contributed by atoms with Crippen LogP contribution in [0.3, 0.4) is 0 Å². The highest BCUT2D eigenvalue weighted by Gasteiger charge is 2.10. The van der Waals surface area contributed by atoms with Crippen LogP contribution in [-0.2, 0) is 0 Å². The topological polar surface area (TPSA) is 38.0 Å². The minimum Gasteiger partial charge on any atom is -0.389 e. The van der Waals surface area contributed by atoms with E-state index in [0.717, 1.165) is 21.4 Å². The number of hydrogen-bond acceptors (Lipinski definition) is 2. The molecule has 0 spiro atoms. The largest absolute Gasteiger partial charge is 0.389 e. The second-order valence-electron chi connectivity index (χ2n) is 4.11. The van der Waals surface area contributed by atoms with Gasteiger partial charge >= 0.3 is 0 Å². The number of aryl methyl sites for hydroxylation is 1. The smallest absolute Gasteiger partial charge is 0.107 e. The van der Waals surface area contributed by atoms with Gasteiger partial charge in [-0.25, -0.2) is 0 Å². The summed E-state index contributed by atoms with van der Waals surface area (Å²) in [5.74, 6) is 0. The van der Waals surface area contributed by atoms with Crippen molar-refractivity contribution in [2.45, 2.75) is 6.92 Å². The van der Waals surface area contributed by atoms with Crippen LogP contribution >= 0.6 is 39.7 Å². The number of rotatable bonds is 3. The van der Waals surface area contributed by atoms with Gasteiger partial charge in [0.2, 0.25) is 0 Å². The molecule has 19 heavy (non-hydrogen) atoms. The highest BCUT2D eigenvalue weighted by atomic mass is 79.9. The molecular weight excluding hydrogens is 344 g/mol. The Morgan fingerprint density at radius 2 is 2.00 bits per heavy atom. The zero-order valence-electron chi connectivity index (χ0n) is 10.2. The van der Waals surface area contributed by atoms with E-state index in [0.29, 0.717) is 10.6 Å². The van der Waals surface area contributed by atoms with Crippen LogP contribution in [0.2, 0.25) is 5.02 Å². The lowest BCUT2D eigenvalue weighted by Gasteiger charge is -2.14. The maximum Gasteiger partial charge on any atom is 0.107 e. The van der Waals surface area contributed by atoms with Crippen molar-refractivity contribution in [1.82, 2.24) is 0 Å². The SMILES string of the molecule is Cc1ccc(Br)cc1Nc1cccc(Cl)c1C(N)=S. The molecule has 0 bridgehead atoms. The number of halogens is 2. The van der Waals surface area contributed by atoms with E-state index in [1.165, 1.54) is 0 Å². The first kappa shape index (κ1) is 14.3.